The van der Waals surface area contributed by atoms with Crippen LogP contribution in [0.15, 0.2) is 53.9 Å². The van der Waals surface area contributed by atoms with Gasteiger partial charge in [0.05, 0.1) is 19.2 Å². The van der Waals surface area contributed by atoms with Crippen molar-refractivity contribution < 1.29 is 9.53 Å². The van der Waals surface area contributed by atoms with Crippen LogP contribution in [0, 0.1) is 0 Å². The van der Waals surface area contributed by atoms with Gasteiger partial charge in [0.2, 0.25) is 5.91 Å². The fourth-order valence-electron chi connectivity index (χ4n) is 3.30. The Labute approximate surface area is 157 Å². The van der Waals surface area contributed by atoms with Crippen LogP contribution in [0.3, 0.4) is 0 Å². The van der Waals surface area contributed by atoms with Crippen molar-refractivity contribution >= 4 is 22.9 Å². The fourth-order valence-corrected chi connectivity index (χ4v) is 4.12. The number of aromatic nitrogens is 1. The highest BCUT2D eigenvalue weighted by atomic mass is 32.1. The maximum atomic E-state index is 12.8. The summed E-state index contributed by atoms with van der Waals surface area (Å²) >= 11 is 1.57. The summed E-state index contributed by atoms with van der Waals surface area (Å²) in [5, 5.41) is 2.90. The highest BCUT2D eigenvalue weighted by Crippen LogP contribution is 2.29. The molecule has 0 spiro atoms. The van der Waals surface area contributed by atoms with Crippen LogP contribution in [0.4, 0.5) is 5.69 Å². The fraction of sp³-hybridized carbons (Fsp3) is 0.238. The molecule has 26 heavy (non-hydrogen) atoms. The van der Waals surface area contributed by atoms with Crippen molar-refractivity contribution in [1.29, 1.82) is 0 Å². The Hall–Kier alpha value is -2.66. The van der Waals surface area contributed by atoms with Gasteiger partial charge in [0.1, 0.15) is 10.8 Å². The van der Waals surface area contributed by atoms with Crippen LogP contribution in [0.2, 0.25) is 0 Å². The van der Waals surface area contributed by atoms with Crippen LogP contribution in [0.5, 0.6) is 5.75 Å². The average Bonchev–Trinajstić information content (AvgIpc) is 3.16. The monoisotopic (exact) mass is 364 g/mol. The molecule has 0 unspecified atom stereocenters. The van der Waals surface area contributed by atoms with Gasteiger partial charge in [0, 0.05) is 23.2 Å². The quantitative estimate of drug-likeness (QED) is 0.691. The number of nitrogens with zero attached hydrogens (tertiary/aromatic N) is 2. The number of benzene rings is 2. The molecule has 1 amide bonds. The molecule has 132 valence electrons. The van der Waals surface area contributed by atoms with Crippen LogP contribution < -0.4 is 9.64 Å². The van der Waals surface area contributed by atoms with Crippen molar-refractivity contribution in [2.24, 2.45) is 0 Å². The summed E-state index contributed by atoms with van der Waals surface area (Å²) in [6.45, 7) is 0.783. The van der Waals surface area contributed by atoms with Gasteiger partial charge in [-0.2, -0.15) is 0 Å². The zero-order valence-corrected chi connectivity index (χ0v) is 15.5. The third-order valence-corrected chi connectivity index (χ3v) is 5.57. The van der Waals surface area contributed by atoms with Crippen molar-refractivity contribution in [2.45, 2.75) is 19.3 Å². The number of aryl methyl sites for hydroxylation is 1. The number of carbonyl (C=O) groups is 1. The number of amides is 1. The molecule has 2 heterocycles. The van der Waals surface area contributed by atoms with Gasteiger partial charge in [-0.05, 0) is 48.7 Å². The molecule has 4 rings (SSSR count). The number of carbonyl (C=O) groups excluding carboxylic acids is 1. The lowest BCUT2D eigenvalue weighted by molar-refractivity contribution is -0.118. The number of fused-ring (bicyclic) bond motifs is 1. The number of hydrogen-bond donors (Lipinski definition) is 0. The van der Waals surface area contributed by atoms with Gasteiger partial charge in [-0.3, -0.25) is 4.79 Å². The molecule has 5 heteroatoms. The zero-order chi connectivity index (χ0) is 17.9. The summed E-state index contributed by atoms with van der Waals surface area (Å²) in [7, 11) is 1.65. The highest BCUT2D eigenvalue weighted by molar-refractivity contribution is 7.13. The number of rotatable bonds is 4. The molecule has 0 N–H and O–H groups in total. The van der Waals surface area contributed by atoms with Gasteiger partial charge in [-0.25, -0.2) is 4.98 Å². The van der Waals surface area contributed by atoms with Gasteiger partial charge in [0.15, 0.2) is 0 Å². The minimum Gasteiger partial charge on any atom is -0.497 e. The van der Waals surface area contributed by atoms with E-state index < -0.39 is 0 Å². The molecule has 0 bridgehead atoms. The molecular formula is C21H20N2O2S. The lowest BCUT2D eigenvalue weighted by atomic mass is 10.0. The third kappa shape index (κ3) is 3.35. The topological polar surface area (TPSA) is 42.4 Å². The molecule has 0 fully saturated rings. The van der Waals surface area contributed by atoms with Crippen molar-refractivity contribution in [3.05, 3.63) is 65.2 Å². The summed E-state index contributed by atoms with van der Waals surface area (Å²) in [6.07, 6.45) is 2.39. The zero-order valence-electron chi connectivity index (χ0n) is 14.6. The second-order valence-electron chi connectivity index (χ2n) is 6.33. The van der Waals surface area contributed by atoms with Crippen LogP contribution >= 0.6 is 11.3 Å². The van der Waals surface area contributed by atoms with Gasteiger partial charge < -0.3 is 9.64 Å². The van der Waals surface area contributed by atoms with Gasteiger partial charge in [-0.15, -0.1) is 11.3 Å². The van der Waals surface area contributed by atoms with Crippen LogP contribution in [-0.4, -0.2) is 24.5 Å². The standard InChI is InChI=1S/C21H20N2O2S/c1-25-18-10-8-16(9-11-18)21-22-17(14-26-21)13-20(24)23-12-4-6-15-5-2-3-7-19(15)23/h2-3,5,7-11,14H,4,6,12-13H2,1H3. The third-order valence-electron chi connectivity index (χ3n) is 4.63. The Bertz CT molecular complexity index is 918. The summed E-state index contributed by atoms with van der Waals surface area (Å²) < 4.78 is 5.19. The Morgan fingerprint density at radius 1 is 1.19 bits per heavy atom. The molecule has 2 aromatic carbocycles. The highest BCUT2D eigenvalue weighted by Gasteiger charge is 2.22. The van der Waals surface area contributed by atoms with Crippen LogP contribution in [0.1, 0.15) is 17.7 Å². The Morgan fingerprint density at radius 3 is 2.81 bits per heavy atom. The van der Waals surface area contributed by atoms with Crippen molar-refractivity contribution in [2.75, 3.05) is 18.6 Å². The maximum Gasteiger partial charge on any atom is 0.233 e. The molecule has 0 radical (unpaired) electrons. The van der Waals surface area contributed by atoms with Gasteiger partial charge >= 0.3 is 0 Å². The lowest BCUT2D eigenvalue weighted by Gasteiger charge is -2.29. The number of methoxy groups -OCH3 is 1. The van der Waals surface area contributed by atoms with E-state index in [9.17, 15) is 4.79 Å². The van der Waals surface area contributed by atoms with E-state index in [0.29, 0.717) is 6.42 Å². The molecule has 1 aromatic heterocycles. The Balaban J connectivity index is 1.50. The number of anilines is 1. The molecule has 0 saturated carbocycles. The Kier molecular flexibility index (Phi) is 4.71. The number of thiazole rings is 1. The second-order valence-corrected chi connectivity index (χ2v) is 7.19. The lowest BCUT2D eigenvalue weighted by Crippen LogP contribution is -2.36. The van der Waals surface area contributed by atoms with E-state index >= 15 is 0 Å². The minimum absolute atomic E-state index is 0.115. The SMILES string of the molecule is COc1ccc(-c2nc(CC(=O)N3CCCc4ccccc43)cs2)cc1. The van der Waals surface area contributed by atoms with Crippen LogP contribution in [-0.2, 0) is 17.6 Å². The molecule has 4 nitrogen and oxygen atoms in total. The maximum absolute atomic E-state index is 12.8. The van der Waals surface area contributed by atoms with Crippen molar-refractivity contribution in [3.63, 3.8) is 0 Å². The summed E-state index contributed by atoms with van der Waals surface area (Å²) in [4.78, 5) is 19.4. The van der Waals surface area contributed by atoms with E-state index in [2.05, 4.69) is 11.1 Å². The normalized spacial score (nSPS) is 13.3. The second kappa shape index (κ2) is 7.30. The summed E-state index contributed by atoms with van der Waals surface area (Å²) in [5.74, 6) is 0.938. The van der Waals surface area contributed by atoms with E-state index in [0.717, 1.165) is 47.1 Å². The van der Waals surface area contributed by atoms with Crippen LogP contribution in [0.25, 0.3) is 10.6 Å². The minimum atomic E-state index is 0.115. The molecule has 0 saturated heterocycles. The van der Waals surface area contributed by atoms with Crippen molar-refractivity contribution in [1.82, 2.24) is 4.98 Å². The largest absolute Gasteiger partial charge is 0.497 e. The summed E-state index contributed by atoms with van der Waals surface area (Å²) in [5.41, 5.74) is 4.17. The predicted molar refractivity (Wildman–Crippen MR) is 105 cm³/mol. The van der Waals surface area contributed by atoms with E-state index in [1.54, 1.807) is 18.4 Å². The molecule has 0 atom stereocenters. The number of hydrogen-bond acceptors (Lipinski definition) is 4. The Morgan fingerprint density at radius 2 is 2.00 bits per heavy atom. The first-order valence-corrected chi connectivity index (χ1v) is 9.59. The summed E-state index contributed by atoms with van der Waals surface area (Å²) in [6, 6.07) is 16.0. The first-order valence-electron chi connectivity index (χ1n) is 8.72. The first-order chi connectivity index (χ1) is 12.7. The molecule has 1 aliphatic heterocycles. The van der Waals surface area contributed by atoms with E-state index in [-0.39, 0.29) is 5.91 Å². The molecule has 3 aromatic rings. The molecular weight excluding hydrogens is 344 g/mol. The smallest absolute Gasteiger partial charge is 0.233 e. The van der Waals surface area contributed by atoms with E-state index in [1.807, 2.05) is 52.7 Å². The first kappa shape index (κ1) is 16.8. The van der Waals surface area contributed by atoms with E-state index in [4.69, 9.17) is 4.74 Å². The average molecular weight is 364 g/mol. The number of para-hydroxylation sites is 1. The molecule has 0 aliphatic carbocycles. The van der Waals surface area contributed by atoms with Gasteiger partial charge in [-0.1, -0.05) is 18.2 Å². The van der Waals surface area contributed by atoms with E-state index in [1.165, 1.54) is 5.56 Å². The van der Waals surface area contributed by atoms with Crippen molar-refractivity contribution in [3.8, 4) is 16.3 Å². The number of ether oxygens (including phenoxy) is 1. The predicted octanol–water partition coefficient (Wildman–Crippen LogP) is 4.34. The molecule has 1 aliphatic rings. The van der Waals surface area contributed by atoms with Gasteiger partial charge in [0.25, 0.3) is 0 Å².